The third-order valence-electron chi connectivity index (χ3n) is 4.34. The smallest absolute Gasteiger partial charge is 0.338 e. The fourth-order valence-electron chi connectivity index (χ4n) is 2.79. The summed E-state index contributed by atoms with van der Waals surface area (Å²) in [5.41, 5.74) is 5.25. The maximum atomic E-state index is 12.2. The lowest BCUT2D eigenvalue weighted by Gasteiger charge is -2.08. The second kappa shape index (κ2) is 10.0. The number of anilines is 1. The number of rotatable bonds is 7. The van der Waals surface area contributed by atoms with E-state index in [1.165, 1.54) is 17.3 Å². The van der Waals surface area contributed by atoms with E-state index >= 15 is 0 Å². The molecule has 0 atom stereocenters. The number of carbonyl (C=O) groups excluding carboxylic acids is 2. The molecule has 0 saturated carbocycles. The molecule has 0 spiro atoms. The molecule has 3 rings (SSSR count). The molecule has 3 aromatic rings. The predicted molar refractivity (Wildman–Crippen MR) is 119 cm³/mol. The van der Waals surface area contributed by atoms with Crippen LogP contribution in [0.3, 0.4) is 0 Å². The van der Waals surface area contributed by atoms with Crippen LogP contribution in [-0.4, -0.2) is 34.4 Å². The molecular weight excluding hydrogens is 398 g/mol. The van der Waals surface area contributed by atoms with Crippen LogP contribution < -0.4 is 5.32 Å². The number of hydrogen-bond acceptors (Lipinski definition) is 6. The van der Waals surface area contributed by atoms with Gasteiger partial charge in [0.15, 0.2) is 0 Å². The number of nitrogens with one attached hydrogen (secondary N) is 1. The van der Waals surface area contributed by atoms with Crippen LogP contribution in [0.25, 0.3) is 11.3 Å². The lowest BCUT2D eigenvalue weighted by atomic mass is 10.0. The van der Waals surface area contributed by atoms with Crippen LogP contribution in [0.5, 0.6) is 0 Å². The number of amides is 1. The van der Waals surface area contributed by atoms with Gasteiger partial charge >= 0.3 is 5.97 Å². The van der Waals surface area contributed by atoms with Crippen LogP contribution in [0.15, 0.2) is 59.6 Å². The van der Waals surface area contributed by atoms with Gasteiger partial charge in [-0.2, -0.15) is 0 Å². The molecule has 1 amide bonds. The fraction of sp³-hybridized carbons (Fsp3) is 0.217. The summed E-state index contributed by atoms with van der Waals surface area (Å²) in [5, 5.41) is 12.0. The van der Waals surface area contributed by atoms with E-state index in [-0.39, 0.29) is 17.6 Å². The predicted octanol–water partition coefficient (Wildman–Crippen LogP) is 4.67. The molecule has 0 aliphatic carbocycles. The molecule has 0 fully saturated rings. The van der Waals surface area contributed by atoms with Gasteiger partial charge in [0.1, 0.15) is 5.03 Å². The van der Waals surface area contributed by atoms with Gasteiger partial charge in [0.05, 0.1) is 23.6 Å². The quantitative estimate of drug-likeness (QED) is 0.441. The Hall–Kier alpha value is -3.19. The van der Waals surface area contributed by atoms with Crippen molar-refractivity contribution < 1.29 is 14.3 Å². The maximum absolute atomic E-state index is 12.2. The Kier molecular flexibility index (Phi) is 7.19. The van der Waals surface area contributed by atoms with Gasteiger partial charge in [0.2, 0.25) is 5.91 Å². The van der Waals surface area contributed by atoms with Gasteiger partial charge in [-0.15, -0.1) is 10.2 Å². The Morgan fingerprint density at radius 2 is 1.77 bits per heavy atom. The molecule has 0 aliphatic rings. The summed E-state index contributed by atoms with van der Waals surface area (Å²) in [6.07, 6.45) is 0. The Labute approximate surface area is 180 Å². The molecule has 0 radical (unpaired) electrons. The van der Waals surface area contributed by atoms with Gasteiger partial charge in [-0.05, 0) is 68.8 Å². The molecule has 30 heavy (non-hydrogen) atoms. The highest BCUT2D eigenvalue weighted by molar-refractivity contribution is 7.99. The standard InChI is InChI=1S/C23H23N3O3S/c1-4-29-23(28)17-7-9-18(10-8-17)24-21(27)14-30-22-12-11-20(25-26-22)19-13-15(2)5-6-16(19)3/h5-13H,4,14H2,1-3H3,(H,24,27). The van der Waals surface area contributed by atoms with Crippen LogP contribution in [-0.2, 0) is 9.53 Å². The summed E-state index contributed by atoms with van der Waals surface area (Å²) in [5.74, 6) is -0.338. The Balaban J connectivity index is 1.54. The average Bonchev–Trinajstić information content (AvgIpc) is 2.75. The zero-order valence-corrected chi connectivity index (χ0v) is 18.0. The second-order valence-electron chi connectivity index (χ2n) is 6.71. The van der Waals surface area contributed by atoms with Crippen molar-refractivity contribution in [2.75, 3.05) is 17.7 Å². The highest BCUT2D eigenvalue weighted by Crippen LogP contribution is 2.24. The first-order chi connectivity index (χ1) is 14.5. The van der Waals surface area contributed by atoms with E-state index in [1.54, 1.807) is 31.2 Å². The van der Waals surface area contributed by atoms with Crippen LogP contribution in [0, 0.1) is 13.8 Å². The summed E-state index contributed by atoms with van der Waals surface area (Å²) in [4.78, 5) is 23.9. The Bertz CT molecular complexity index is 1030. The fourth-order valence-corrected chi connectivity index (χ4v) is 3.41. The maximum Gasteiger partial charge on any atom is 0.338 e. The summed E-state index contributed by atoms with van der Waals surface area (Å²) in [6.45, 7) is 6.17. The van der Waals surface area contributed by atoms with E-state index in [0.29, 0.717) is 22.9 Å². The zero-order valence-electron chi connectivity index (χ0n) is 17.1. The lowest BCUT2D eigenvalue weighted by molar-refractivity contribution is -0.113. The Morgan fingerprint density at radius 1 is 1.00 bits per heavy atom. The molecule has 1 N–H and O–H groups in total. The number of ether oxygens (including phenoxy) is 1. The number of thioether (sulfide) groups is 1. The summed E-state index contributed by atoms with van der Waals surface area (Å²) >= 11 is 1.31. The van der Waals surface area contributed by atoms with E-state index in [0.717, 1.165) is 16.8 Å². The lowest BCUT2D eigenvalue weighted by Crippen LogP contribution is -2.14. The van der Waals surface area contributed by atoms with E-state index < -0.39 is 0 Å². The number of esters is 1. The van der Waals surface area contributed by atoms with Gasteiger partial charge in [0.25, 0.3) is 0 Å². The van der Waals surface area contributed by atoms with Crippen molar-refractivity contribution in [1.29, 1.82) is 0 Å². The van der Waals surface area contributed by atoms with Gasteiger partial charge in [-0.3, -0.25) is 4.79 Å². The minimum atomic E-state index is -0.381. The third-order valence-corrected chi connectivity index (χ3v) is 5.26. The first kappa shape index (κ1) is 21.5. The van der Waals surface area contributed by atoms with Gasteiger partial charge in [-0.25, -0.2) is 4.79 Å². The summed E-state index contributed by atoms with van der Waals surface area (Å²) < 4.78 is 4.94. The van der Waals surface area contributed by atoms with E-state index in [2.05, 4.69) is 33.7 Å². The molecule has 0 unspecified atom stereocenters. The molecule has 0 saturated heterocycles. The first-order valence-corrected chi connectivity index (χ1v) is 10.6. The van der Waals surface area contributed by atoms with E-state index in [1.807, 2.05) is 26.0 Å². The Morgan fingerprint density at radius 3 is 2.43 bits per heavy atom. The van der Waals surface area contributed by atoms with Crippen LogP contribution >= 0.6 is 11.8 Å². The number of hydrogen-bond donors (Lipinski definition) is 1. The van der Waals surface area contributed by atoms with Crippen LogP contribution in [0.2, 0.25) is 0 Å². The van der Waals surface area contributed by atoms with Crippen molar-refractivity contribution in [3.05, 3.63) is 71.3 Å². The number of benzene rings is 2. The molecular formula is C23H23N3O3S. The number of aryl methyl sites for hydroxylation is 2. The van der Waals surface area contributed by atoms with E-state index in [4.69, 9.17) is 4.74 Å². The third kappa shape index (κ3) is 5.67. The van der Waals surface area contributed by atoms with Crippen molar-refractivity contribution in [1.82, 2.24) is 10.2 Å². The van der Waals surface area contributed by atoms with Gasteiger partial charge < -0.3 is 10.1 Å². The minimum Gasteiger partial charge on any atom is -0.462 e. The summed E-state index contributed by atoms with van der Waals surface area (Å²) in [6, 6.07) is 16.6. The summed E-state index contributed by atoms with van der Waals surface area (Å²) in [7, 11) is 0. The number of aromatic nitrogens is 2. The zero-order chi connectivity index (χ0) is 21.5. The molecule has 0 bridgehead atoms. The van der Waals surface area contributed by atoms with Gasteiger partial charge in [0, 0.05) is 11.3 Å². The molecule has 6 nitrogen and oxygen atoms in total. The molecule has 1 heterocycles. The SMILES string of the molecule is CCOC(=O)c1ccc(NC(=O)CSc2ccc(-c3cc(C)ccc3C)nn2)cc1. The minimum absolute atomic E-state index is 0.163. The van der Waals surface area contributed by atoms with Crippen molar-refractivity contribution in [3.63, 3.8) is 0 Å². The van der Waals surface area contributed by atoms with Crippen molar-refractivity contribution >= 4 is 29.3 Å². The molecule has 0 aliphatic heterocycles. The second-order valence-corrected chi connectivity index (χ2v) is 7.71. The molecule has 154 valence electrons. The topological polar surface area (TPSA) is 81.2 Å². The monoisotopic (exact) mass is 421 g/mol. The largest absolute Gasteiger partial charge is 0.462 e. The normalized spacial score (nSPS) is 10.5. The first-order valence-electron chi connectivity index (χ1n) is 9.57. The van der Waals surface area contributed by atoms with Crippen LogP contribution in [0.1, 0.15) is 28.4 Å². The molecule has 1 aromatic heterocycles. The van der Waals surface area contributed by atoms with Crippen LogP contribution in [0.4, 0.5) is 5.69 Å². The number of nitrogens with zero attached hydrogens (tertiary/aromatic N) is 2. The van der Waals surface area contributed by atoms with Crippen molar-refractivity contribution in [2.45, 2.75) is 25.8 Å². The van der Waals surface area contributed by atoms with Crippen molar-refractivity contribution in [2.24, 2.45) is 0 Å². The van der Waals surface area contributed by atoms with E-state index in [9.17, 15) is 9.59 Å². The molecule has 2 aromatic carbocycles. The average molecular weight is 422 g/mol. The number of carbonyl (C=O) groups is 2. The highest BCUT2D eigenvalue weighted by atomic mass is 32.2. The molecule has 7 heteroatoms. The van der Waals surface area contributed by atoms with Gasteiger partial charge in [-0.1, -0.05) is 29.5 Å². The van der Waals surface area contributed by atoms with Crippen molar-refractivity contribution in [3.8, 4) is 11.3 Å². The highest BCUT2D eigenvalue weighted by Gasteiger charge is 2.09.